The lowest BCUT2D eigenvalue weighted by molar-refractivity contribution is 0.104. The number of hydrogen-bond acceptors (Lipinski definition) is 2. The molecule has 7 heteroatoms. The molecule has 2 rings (SSSR count). The fourth-order valence-corrected chi connectivity index (χ4v) is 2.41. The maximum absolute atomic E-state index is 13.5. The molecule has 0 spiro atoms. The molecular weight excluding hydrogens is 281 g/mol. The number of nitrogens with one attached hydrogen (secondary N) is 1. The first-order valence-corrected chi connectivity index (χ1v) is 6.32. The molecular formula is C13H14F5NO. The van der Waals surface area contributed by atoms with Crippen molar-refractivity contribution < 1.29 is 26.7 Å². The molecule has 1 aliphatic rings. The van der Waals surface area contributed by atoms with Crippen LogP contribution in [0.3, 0.4) is 0 Å². The number of halogens is 5. The molecule has 2 atom stereocenters. The van der Waals surface area contributed by atoms with Crippen LogP contribution in [0, 0.1) is 29.1 Å². The van der Waals surface area contributed by atoms with E-state index in [0.717, 1.165) is 19.3 Å². The smallest absolute Gasteiger partial charge is 0.207 e. The summed E-state index contributed by atoms with van der Waals surface area (Å²) in [6, 6.07) is -0.182. The molecule has 20 heavy (non-hydrogen) atoms. The average molecular weight is 295 g/mol. The Morgan fingerprint density at radius 1 is 0.850 bits per heavy atom. The Balaban J connectivity index is 2.33. The zero-order valence-corrected chi connectivity index (χ0v) is 10.8. The maximum Gasteiger partial charge on any atom is 0.207 e. The first-order valence-electron chi connectivity index (χ1n) is 6.32. The number of ether oxygens (including phenoxy) is 1. The van der Waals surface area contributed by atoms with E-state index < -0.39 is 40.9 Å². The maximum atomic E-state index is 13.5. The Morgan fingerprint density at radius 3 is 1.90 bits per heavy atom. The predicted octanol–water partition coefficient (Wildman–Crippen LogP) is 3.29. The first kappa shape index (κ1) is 15.0. The van der Waals surface area contributed by atoms with E-state index in [-0.39, 0.29) is 6.04 Å². The molecule has 1 saturated carbocycles. The van der Waals surface area contributed by atoms with Crippen LogP contribution in [-0.4, -0.2) is 19.2 Å². The van der Waals surface area contributed by atoms with Gasteiger partial charge in [0.05, 0.1) is 0 Å². The molecule has 0 saturated heterocycles. The van der Waals surface area contributed by atoms with Crippen molar-refractivity contribution >= 4 is 0 Å². The number of hydrogen-bond donors (Lipinski definition) is 1. The minimum atomic E-state index is -2.18. The quantitative estimate of drug-likeness (QED) is 0.525. The van der Waals surface area contributed by atoms with Gasteiger partial charge in [-0.1, -0.05) is 6.42 Å². The highest BCUT2D eigenvalue weighted by Crippen LogP contribution is 2.32. The summed E-state index contributed by atoms with van der Waals surface area (Å²) in [6.07, 6.45) is 2.28. The largest absolute Gasteiger partial charge is 0.483 e. The molecule has 0 heterocycles. The average Bonchev–Trinajstić information content (AvgIpc) is 2.48. The minimum absolute atomic E-state index is 0.182. The first-order chi connectivity index (χ1) is 9.47. The summed E-state index contributed by atoms with van der Waals surface area (Å²) in [5.41, 5.74) is 0. The number of likely N-dealkylation sites (N-methyl/N-ethyl adjacent to an activating group) is 1. The summed E-state index contributed by atoms with van der Waals surface area (Å²) in [5.74, 6) is -11.2. The summed E-state index contributed by atoms with van der Waals surface area (Å²) >= 11 is 0. The van der Waals surface area contributed by atoms with Gasteiger partial charge < -0.3 is 10.1 Å². The van der Waals surface area contributed by atoms with Crippen molar-refractivity contribution in [2.45, 2.75) is 37.8 Å². The van der Waals surface area contributed by atoms with E-state index in [4.69, 9.17) is 4.74 Å². The van der Waals surface area contributed by atoms with Crippen molar-refractivity contribution in [3.63, 3.8) is 0 Å². The number of rotatable bonds is 3. The second kappa shape index (κ2) is 5.95. The Hall–Kier alpha value is -1.37. The molecule has 2 unspecified atom stereocenters. The van der Waals surface area contributed by atoms with Gasteiger partial charge in [-0.2, -0.15) is 8.78 Å². The fourth-order valence-electron chi connectivity index (χ4n) is 2.41. The fraction of sp³-hybridized carbons (Fsp3) is 0.538. The van der Waals surface area contributed by atoms with Crippen LogP contribution in [0.2, 0.25) is 0 Å². The Kier molecular flexibility index (Phi) is 4.47. The van der Waals surface area contributed by atoms with Gasteiger partial charge in [0.25, 0.3) is 0 Å². The third-order valence-electron chi connectivity index (χ3n) is 3.51. The highest BCUT2D eigenvalue weighted by Gasteiger charge is 2.32. The Labute approximate surface area is 112 Å². The van der Waals surface area contributed by atoms with E-state index in [0.29, 0.717) is 6.42 Å². The third-order valence-corrected chi connectivity index (χ3v) is 3.51. The van der Waals surface area contributed by atoms with Gasteiger partial charge in [0.1, 0.15) is 6.10 Å². The van der Waals surface area contributed by atoms with Gasteiger partial charge >= 0.3 is 0 Å². The summed E-state index contributed by atoms with van der Waals surface area (Å²) in [4.78, 5) is 0. The summed E-state index contributed by atoms with van der Waals surface area (Å²) in [6.45, 7) is 0. The lowest BCUT2D eigenvalue weighted by atomic mass is 9.92. The molecule has 0 aromatic heterocycles. The molecule has 1 N–H and O–H groups in total. The second-order valence-electron chi connectivity index (χ2n) is 4.73. The van der Waals surface area contributed by atoms with Crippen molar-refractivity contribution in [3.8, 4) is 5.75 Å². The van der Waals surface area contributed by atoms with Crippen LogP contribution in [0.15, 0.2) is 0 Å². The lowest BCUT2D eigenvalue weighted by Gasteiger charge is -2.31. The molecule has 1 aromatic rings. The van der Waals surface area contributed by atoms with Crippen LogP contribution in [0.25, 0.3) is 0 Å². The molecule has 1 fully saturated rings. The molecule has 1 aliphatic carbocycles. The van der Waals surface area contributed by atoms with E-state index in [1.165, 1.54) is 0 Å². The van der Waals surface area contributed by atoms with Gasteiger partial charge in [-0.25, -0.2) is 13.2 Å². The van der Waals surface area contributed by atoms with Crippen molar-refractivity contribution in [1.82, 2.24) is 5.32 Å². The van der Waals surface area contributed by atoms with Gasteiger partial charge in [-0.05, 0) is 26.3 Å². The highest BCUT2D eigenvalue weighted by molar-refractivity contribution is 5.30. The molecule has 112 valence electrons. The van der Waals surface area contributed by atoms with Gasteiger partial charge in [0.2, 0.25) is 29.1 Å². The standard InChI is InChI=1S/C13H14F5NO/c1-19-6-4-2-3-5-7(6)20-13-11(17)9(15)8(14)10(16)12(13)18/h6-7,19H,2-5H2,1H3. The zero-order chi connectivity index (χ0) is 14.9. The molecule has 0 radical (unpaired) electrons. The predicted molar refractivity (Wildman–Crippen MR) is 62.0 cm³/mol. The third kappa shape index (κ3) is 2.59. The number of benzene rings is 1. The summed E-state index contributed by atoms with van der Waals surface area (Å²) < 4.78 is 71.2. The van der Waals surface area contributed by atoms with E-state index >= 15 is 0 Å². The Bertz CT molecular complexity index is 479. The van der Waals surface area contributed by atoms with Crippen LogP contribution in [0.1, 0.15) is 25.7 Å². The van der Waals surface area contributed by atoms with Crippen LogP contribution in [0.4, 0.5) is 22.0 Å². The van der Waals surface area contributed by atoms with E-state index in [9.17, 15) is 22.0 Å². The Morgan fingerprint density at radius 2 is 1.35 bits per heavy atom. The van der Waals surface area contributed by atoms with E-state index in [2.05, 4.69) is 5.32 Å². The van der Waals surface area contributed by atoms with Crippen molar-refractivity contribution in [1.29, 1.82) is 0 Å². The zero-order valence-electron chi connectivity index (χ0n) is 10.8. The van der Waals surface area contributed by atoms with E-state index in [1.807, 2.05) is 0 Å². The summed E-state index contributed by atoms with van der Waals surface area (Å²) in [5, 5.41) is 2.92. The van der Waals surface area contributed by atoms with Crippen LogP contribution >= 0.6 is 0 Å². The van der Waals surface area contributed by atoms with Gasteiger partial charge in [-0.15, -0.1) is 0 Å². The van der Waals surface area contributed by atoms with Crippen LogP contribution in [0.5, 0.6) is 5.75 Å². The molecule has 0 aliphatic heterocycles. The van der Waals surface area contributed by atoms with Gasteiger partial charge in [0.15, 0.2) is 5.75 Å². The SMILES string of the molecule is CNC1CCCCC1Oc1c(F)c(F)c(F)c(F)c1F. The van der Waals surface area contributed by atoms with E-state index in [1.54, 1.807) is 7.05 Å². The van der Waals surface area contributed by atoms with Crippen molar-refractivity contribution in [2.75, 3.05) is 7.05 Å². The topological polar surface area (TPSA) is 21.3 Å². The normalized spacial score (nSPS) is 22.9. The van der Waals surface area contributed by atoms with Gasteiger partial charge in [0, 0.05) is 6.04 Å². The van der Waals surface area contributed by atoms with Crippen LogP contribution < -0.4 is 10.1 Å². The molecule has 0 bridgehead atoms. The van der Waals surface area contributed by atoms with Crippen LogP contribution in [-0.2, 0) is 0 Å². The minimum Gasteiger partial charge on any atom is -0.483 e. The van der Waals surface area contributed by atoms with Crippen molar-refractivity contribution in [2.24, 2.45) is 0 Å². The van der Waals surface area contributed by atoms with Crippen molar-refractivity contribution in [3.05, 3.63) is 29.1 Å². The monoisotopic (exact) mass is 295 g/mol. The molecule has 0 amide bonds. The summed E-state index contributed by atoms with van der Waals surface area (Å²) in [7, 11) is 1.66. The molecule has 2 nitrogen and oxygen atoms in total. The second-order valence-corrected chi connectivity index (χ2v) is 4.73. The molecule has 1 aromatic carbocycles. The highest BCUT2D eigenvalue weighted by atomic mass is 19.2. The van der Waals surface area contributed by atoms with Gasteiger partial charge in [-0.3, -0.25) is 0 Å². The lowest BCUT2D eigenvalue weighted by Crippen LogP contribution is -2.43.